The Morgan fingerprint density at radius 2 is 2.33 bits per heavy atom. The van der Waals surface area contributed by atoms with Crippen LogP contribution in [0.25, 0.3) is 0 Å². The summed E-state index contributed by atoms with van der Waals surface area (Å²) < 4.78 is 4.96. The molecule has 3 nitrogen and oxygen atoms in total. The van der Waals surface area contributed by atoms with E-state index in [0.29, 0.717) is 6.61 Å². The number of dihydropyridines is 1. The van der Waals surface area contributed by atoms with Crippen molar-refractivity contribution in [3.8, 4) is 0 Å². The van der Waals surface area contributed by atoms with Crippen LogP contribution in [0.2, 0.25) is 0 Å². The highest BCUT2D eigenvalue weighted by Crippen LogP contribution is 2.18. The molecular weight excluding hydrogens is 154 g/mol. The maximum atomic E-state index is 9.94. The highest BCUT2D eigenvalue weighted by atomic mass is 16.5. The van der Waals surface area contributed by atoms with E-state index < -0.39 is 5.72 Å². The van der Waals surface area contributed by atoms with Crippen molar-refractivity contribution in [2.75, 3.05) is 13.7 Å². The second kappa shape index (κ2) is 3.74. The van der Waals surface area contributed by atoms with Crippen molar-refractivity contribution < 1.29 is 9.84 Å². The lowest BCUT2D eigenvalue weighted by molar-refractivity contribution is -0.0183. The monoisotopic (exact) mass is 169 g/mol. The molecular formula is C9H15NO2. The van der Waals surface area contributed by atoms with Crippen molar-refractivity contribution >= 4 is 0 Å². The van der Waals surface area contributed by atoms with Crippen molar-refractivity contribution in [3.05, 3.63) is 24.4 Å². The lowest BCUT2D eigenvalue weighted by Gasteiger charge is -2.32. The first-order chi connectivity index (χ1) is 5.69. The van der Waals surface area contributed by atoms with Gasteiger partial charge in [-0.1, -0.05) is 13.0 Å². The fourth-order valence-electron chi connectivity index (χ4n) is 1.17. The molecule has 0 saturated heterocycles. The molecule has 12 heavy (non-hydrogen) atoms. The molecule has 1 rings (SSSR count). The second-order valence-corrected chi connectivity index (χ2v) is 3.04. The topological polar surface area (TPSA) is 41.5 Å². The van der Waals surface area contributed by atoms with Crippen molar-refractivity contribution in [2.24, 2.45) is 5.92 Å². The molecule has 0 aromatic rings. The van der Waals surface area contributed by atoms with Crippen LogP contribution in [0.3, 0.4) is 0 Å². The molecule has 1 heterocycles. The van der Waals surface area contributed by atoms with E-state index in [1.54, 1.807) is 19.4 Å². The molecule has 0 aromatic heterocycles. The summed E-state index contributed by atoms with van der Waals surface area (Å²) >= 11 is 0. The average molecular weight is 169 g/mol. The first-order valence-electron chi connectivity index (χ1n) is 4.02. The Labute approximate surface area is 72.7 Å². The molecule has 0 amide bonds. The minimum Gasteiger partial charge on any atom is -0.384 e. The van der Waals surface area contributed by atoms with Crippen molar-refractivity contribution in [1.29, 1.82) is 0 Å². The van der Waals surface area contributed by atoms with Gasteiger partial charge in [-0.2, -0.15) is 0 Å². The summed E-state index contributed by atoms with van der Waals surface area (Å²) in [5.41, 5.74) is -0.954. The Morgan fingerprint density at radius 1 is 1.58 bits per heavy atom. The second-order valence-electron chi connectivity index (χ2n) is 3.04. The molecule has 0 aliphatic carbocycles. The number of aliphatic hydroxyl groups is 1. The first kappa shape index (κ1) is 9.29. The normalized spacial score (nSPS) is 29.9. The minimum absolute atomic E-state index is 0.0312. The van der Waals surface area contributed by atoms with Crippen LogP contribution in [0.1, 0.15) is 6.92 Å². The number of hydrogen-bond acceptors (Lipinski definition) is 3. The molecule has 68 valence electrons. The van der Waals surface area contributed by atoms with E-state index in [1.807, 2.05) is 19.1 Å². The van der Waals surface area contributed by atoms with Gasteiger partial charge in [-0.3, -0.25) is 0 Å². The highest BCUT2D eigenvalue weighted by molar-refractivity contribution is 5.16. The summed E-state index contributed by atoms with van der Waals surface area (Å²) in [6, 6.07) is 0. The molecule has 2 N–H and O–H groups in total. The van der Waals surface area contributed by atoms with Gasteiger partial charge in [0.1, 0.15) is 0 Å². The first-order valence-corrected chi connectivity index (χ1v) is 4.02. The average Bonchev–Trinajstić information content (AvgIpc) is 2.06. The van der Waals surface area contributed by atoms with E-state index in [2.05, 4.69) is 5.32 Å². The minimum atomic E-state index is -0.954. The Kier molecular flexibility index (Phi) is 2.89. The van der Waals surface area contributed by atoms with E-state index in [0.717, 1.165) is 0 Å². The van der Waals surface area contributed by atoms with E-state index in [4.69, 9.17) is 4.74 Å². The van der Waals surface area contributed by atoms with Gasteiger partial charge in [0.25, 0.3) is 0 Å². The molecule has 0 aromatic carbocycles. The number of methoxy groups -OCH3 is 1. The number of allylic oxidation sites excluding steroid dienone is 2. The molecule has 0 bridgehead atoms. The quantitative estimate of drug-likeness (QED) is 0.651. The summed E-state index contributed by atoms with van der Waals surface area (Å²) in [4.78, 5) is 0. The predicted molar refractivity (Wildman–Crippen MR) is 47.4 cm³/mol. The zero-order valence-corrected chi connectivity index (χ0v) is 7.45. The van der Waals surface area contributed by atoms with Gasteiger partial charge in [0, 0.05) is 13.0 Å². The van der Waals surface area contributed by atoms with Crippen LogP contribution in [0.4, 0.5) is 0 Å². The third-order valence-corrected chi connectivity index (χ3v) is 2.04. The van der Waals surface area contributed by atoms with Gasteiger partial charge in [0.05, 0.1) is 6.61 Å². The van der Waals surface area contributed by atoms with Crippen molar-refractivity contribution in [2.45, 2.75) is 12.6 Å². The Morgan fingerprint density at radius 3 is 2.83 bits per heavy atom. The van der Waals surface area contributed by atoms with Crippen LogP contribution in [0.5, 0.6) is 0 Å². The molecule has 2 atom stereocenters. The molecule has 0 fully saturated rings. The zero-order chi connectivity index (χ0) is 9.03. The maximum absolute atomic E-state index is 9.94. The Balaban J connectivity index is 2.58. The summed E-state index contributed by atoms with van der Waals surface area (Å²) in [5.74, 6) is 0.0312. The van der Waals surface area contributed by atoms with Crippen molar-refractivity contribution in [3.63, 3.8) is 0 Å². The standard InChI is InChI=1S/C9H15NO2/c1-8(7-12-2)9(11)5-3-4-6-10-9/h3-6,8,10-11H,7H2,1-2H3. The summed E-state index contributed by atoms with van der Waals surface area (Å²) in [6.45, 7) is 2.46. The van der Waals surface area contributed by atoms with E-state index in [1.165, 1.54) is 0 Å². The van der Waals surface area contributed by atoms with Gasteiger partial charge in [-0.25, -0.2) is 0 Å². The Hall–Kier alpha value is -0.800. The molecule has 0 radical (unpaired) electrons. The van der Waals surface area contributed by atoms with Gasteiger partial charge >= 0.3 is 0 Å². The predicted octanol–water partition coefficient (Wildman–Crippen LogP) is 0.631. The van der Waals surface area contributed by atoms with Gasteiger partial charge in [0.2, 0.25) is 0 Å². The van der Waals surface area contributed by atoms with Crippen LogP contribution in [-0.4, -0.2) is 24.5 Å². The Bertz CT molecular complexity index is 201. The zero-order valence-electron chi connectivity index (χ0n) is 7.45. The smallest absolute Gasteiger partial charge is 0.159 e. The van der Waals surface area contributed by atoms with Gasteiger partial charge < -0.3 is 15.2 Å². The maximum Gasteiger partial charge on any atom is 0.159 e. The lowest BCUT2D eigenvalue weighted by Crippen LogP contribution is -2.48. The van der Waals surface area contributed by atoms with E-state index >= 15 is 0 Å². The van der Waals surface area contributed by atoms with Gasteiger partial charge in [-0.05, 0) is 18.4 Å². The van der Waals surface area contributed by atoms with E-state index in [-0.39, 0.29) is 5.92 Å². The summed E-state index contributed by atoms with van der Waals surface area (Å²) in [5, 5.41) is 12.8. The van der Waals surface area contributed by atoms with E-state index in [9.17, 15) is 5.11 Å². The molecule has 1 aliphatic rings. The van der Waals surface area contributed by atoms with Crippen LogP contribution < -0.4 is 5.32 Å². The summed E-state index contributed by atoms with van der Waals surface area (Å²) in [6.07, 6.45) is 7.12. The molecule has 3 heteroatoms. The lowest BCUT2D eigenvalue weighted by atomic mass is 9.96. The number of nitrogens with one attached hydrogen (secondary N) is 1. The van der Waals surface area contributed by atoms with Gasteiger partial charge in [-0.15, -0.1) is 0 Å². The summed E-state index contributed by atoms with van der Waals surface area (Å²) in [7, 11) is 1.63. The third kappa shape index (κ3) is 1.87. The number of ether oxygens (including phenoxy) is 1. The SMILES string of the molecule is COCC(C)C1(O)C=CC=CN1. The van der Waals surface area contributed by atoms with Crippen molar-refractivity contribution in [1.82, 2.24) is 5.32 Å². The van der Waals surface area contributed by atoms with Crippen LogP contribution in [-0.2, 0) is 4.74 Å². The number of rotatable bonds is 3. The molecule has 1 aliphatic heterocycles. The van der Waals surface area contributed by atoms with Crippen LogP contribution in [0.15, 0.2) is 24.4 Å². The highest BCUT2D eigenvalue weighted by Gasteiger charge is 2.30. The van der Waals surface area contributed by atoms with Crippen LogP contribution >= 0.6 is 0 Å². The fraction of sp³-hybridized carbons (Fsp3) is 0.556. The number of hydrogen-bond donors (Lipinski definition) is 2. The van der Waals surface area contributed by atoms with Gasteiger partial charge in [0.15, 0.2) is 5.72 Å². The largest absolute Gasteiger partial charge is 0.384 e. The molecule has 0 saturated carbocycles. The third-order valence-electron chi connectivity index (χ3n) is 2.04. The fourth-order valence-corrected chi connectivity index (χ4v) is 1.17. The molecule has 2 unspecified atom stereocenters. The molecule has 0 spiro atoms. The van der Waals surface area contributed by atoms with Crippen LogP contribution in [0, 0.1) is 5.92 Å².